The number of benzene rings is 1. The molecule has 0 amide bonds. The summed E-state index contributed by atoms with van der Waals surface area (Å²) in [5.74, 6) is 1.33. The van der Waals surface area contributed by atoms with Crippen LogP contribution in [0.4, 0.5) is 11.6 Å². The standard InChI is InChI=1S/C34H52N6O2/c1-5-7-9-11-13-17-21-35-31-27(3)23-39(33(41)37-31)25-29-19-15-16-20-30(29)26-40-24-28(4)32(38-34(40)42)36-22-18-14-12-10-8-6-2/h15-16,19-20,23-24H,5-14,17-18,21-22,25-26H2,1-4H3,(H,35,37,41)(H,36,38,42). The second-order valence-electron chi connectivity index (χ2n) is 11.5. The fourth-order valence-corrected chi connectivity index (χ4v) is 5.24. The molecule has 2 N–H and O–H groups in total. The third kappa shape index (κ3) is 10.8. The van der Waals surface area contributed by atoms with Crippen LogP contribution in [-0.2, 0) is 13.1 Å². The molecule has 8 nitrogen and oxygen atoms in total. The highest BCUT2D eigenvalue weighted by atomic mass is 16.1. The summed E-state index contributed by atoms with van der Waals surface area (Å²) in [6.07, 6.45) is 18.5. The van der Waals surface area contributed by atoms with E-state index in [1.54, 1.807) is 9.13 Å². The maximum atomic E-state index is 12.9. The molecule has 0 unspecified atom stereocenters. The highest BCUT2D eigenvalue weighted by molar-refractivity contribution is 5.42. The zero-order chi connectivity index (χ0) is 30.2. The Kier molecular flexibility index (Phi) is 14.3. The smallest absolute Gasteiger partial charge is 0.349 e. The lowest BCUT2D eigenvalue weighted by Crippen LogP contribution is -2.27. The van der Waals surface area contributed by atoms with Gasteiger partial charge in [0.2, 0.25) is 0 Å². The van der Waals surface area contributed by atoms with Gasteiger partial charge in [0.15, 0.2) is 0 Å². The molecule has 0 aliphatic heterocycles. The Balaban J connectivity index is 1.61. The molecule has 3 aromatic rings. The lowest BCUT2D eigenvalue weighted by atomic mass is 10.1. The van der Waals surface area contributed by atoms with Crippen LogP contribution >= 0.6 is 0 Å². The number of hydrogen-bond acceptors (Lipinski definition) is 6. The van der Waals surface area contributed by atoms with Crippen LogP contribution < -0.4 is 22.0 Å². The number of nitrogens with zero attached hydrogens (tertiary/aromatic N) is 4. The lowest BCUT2D eigenvalue weighted by molar-refractivity contribution is 0.616. The van der Waals surface area contributed by atoms with Crippen molar-refractivity contribution >= 4 is 11.6 Å². The average molecular weight is 577 g/mol. The van der Waals surface area contributed by atoms with Gasteiger partial charge in [0, 0.05) is 36.6 Å². The molecule has 0 saturated heterocycles. The molecule has 0 bridgehead atoms. The van der Waals surface area contributed by atoms with Crippen LogP contribution in [0, 0.1) is 13.8 Å². The topological polar surface area (TPSA) is 93.8 Å². The average Bonchev–Trinajstić information content (AvgIpc) is 2.97. The van der Waals surface area contributed by atoms with E-state index < -0.39 is 0 Å². The highest BCUT2D eigenvalue weighted by Gasteiger charge is 2.11. The van der Waals surface area contributed by atoms with Crippen LogP contribution in [0.25, 0.3) is 0 Å². The number of nitrogens with one attached hydrogen (secondary N) is 2. The first-order valence-electron chi connectivity index (χ1n) is 16.1. The van der Waals surface area contributed by atoms with Crippen molar-refractivity contribution in [3.8, 4) is 0 Å². The minimum absolute atomic E-state index is 0.281. The second kappa shape index (κ2) is 18.2. The molecule has 0 aliphatic rings. The molecule has 42 heavy (non-hydrogen) atoms. The van der Waals surface area contributed by atoms with Gasteiger partial charge in [0.05, 0.1) is 13.1 Å². The Morgan fingerprint density at radius 1 is 0.595 bits per heavy atom. The van der Waals surface area contributed by atoms with E-state index in [1.165, 1.54) is 64.2 Å². The molecule has 0 spiro atoms. The maximum absolute atomic E-state index is 12.9. The van der Waals surface area contributed by atoms with Crippen molar-refractivity contribution in [3.63, 3.8) is 0 Å². The third-order valence-corrected chi connectivity index (χ3v) is 7.80. The van der Waals surface area contributed by atoms with E-state index in [-0.39, 0.29) is 11.4 Å². The molecule has 8 heteroatoms. The summed E-state index contributed by atoms with van der Waals surface area (Å²) in [7, 11) is 0. The Bertz CT molecular complexity index is 1240. The highest BCUT2D eigenvalue weighted by Crippen LogP contribution is 2.15. The van der Waals surface area contributed by atoms with Crippen molar-refractivity contribution in [2.24, 2.45) is 0 Å². The zero-order valence-electron chi connectivity index (χ0n) is 26.4. The Morgan fingerprint density at radius 3 is 1.38 bits per heavy atom. The van der Waals surface area contributed by atoms with Crippen LogP contribution in [-0.4, -0.2) is 32.2 Å². The number of aryl methyl sites for hydroxylation is 2. The van der Waals surface area contributed by atoms with Crippen molar-refractivity contribution < 1.29 is 0 Å². The predicted octanol–water partition coefficient (Wildman–Crippen LogP) is 7.06. The van der Waals surface area contributed by atoms with Gasteiger partial charge >= 0.3 is 11.4 Å². The van der Waals surface area contributed by atoms with Gasteiger partial charge in [-0.05, 0) is 37.8 Å². The molecule has 2 aromatic heterocycles. The summed E-state index contributed by atoms with van der Waals surface area (Å²) in [5.41, 5.74) is 3.27. The normalized spacial score (nSPS) is 11.1. The number of rotatable bonds is 20. The Labute approximate surface area is 252 Å². The first kappa shape index (κ1) is 33.1. The largest absolute Gasteiger partial charge is 0.370 e. The SMILES string of the molecule is CCCCCCCCNc1nc(=O)n(Cc2ccccc2Cn2cc(C)c(NCCCCCCCC)nc2=O)cc1C. The van der Waals surface area contributed by atoms with Gasteiger partial charge < -0.3 is 10.6 Å². The van der Waals surface area contributed by atoms with Gasteiger partial charge in [0.1, 0.15) is 11.6 Å². The molecule has 2 heterocycles. The summed E-state index contributed by atoms with van der Waals surface area (Å²) < 4.78 is 3.29. The van der Waals surface area contributed by atoms with Gasteiger partial charge in [0.25, 0.3) is 0 Å². The molecular weight excluding hydrogens is 524 g/mol. The third-order valence-electron chi connectivity index (χ3n) is 7.80. The van der Waals surface area contributed by atoms with Crippen molar-refractivity contribution in [2.75, 3.05) is 23.7 Å². The van der Waals surface area contributed by atoms with Crippen molar-refractivity contribution in [3.05, 3.63) is 79.9 Å². The van der Waals surface area contributed by atoms with Crippen LogP contribution in [0.5, 0.6) is 0 Å². The zero-order valence-corrected chi connectivity index (χ0v) is 26.4. The van der Waals surface area contributed by atoms with Crippen molar-refractivity contribution in [2.45, 2.75) is 118 Å². The van der Waals surface area contributed by atoms with Gasteiger partial charge in [-0.25, -0.2) is 9.59 Å². The van der Waals surface area contributed by atoms with Gasteiger partial charge in [-0.1, -0.05) is 102 Å². The molecule has 0 atom stereocenters. The van der Waals surface area contributed by atoms with Crippen LogP contribution in [0.1, 0.15) is 113 Å². The molecule has 0 saturated carbocycles. The van der Waals surface area contributed by atoms with E-state index in [1.807, 2.05) is 50.5 Å². The van der Waals surface area contributed by atoms with Gasteiger partial charge in [-0.3, -0.25) is 9.13 Å². The predicted molar refractivity (Wildman–Crippen MR) is 175 cm³/mol. The quantitative estimate of drug-likeness (QED) is 0.140. The van der Waals surface area contributed by atoms with E-state index in [9.17, 15) is 9.59 Å². The van der Waals surface area contributed by atoms with Crippen LogP contribution in [0.15, 0.2) is 46.2 Å². The summed E-state index contributed by atoms with van der Waals surface area (Å²) in [6, 6.07) is 7.93. The molecule has 0 radical (unpaired) electrons. The number of hydrogen-bond donors (Lipinski definition) is 2. The Morgan fingerprint density at radius 2 is 0.976 bits per heavy atom. The van der Waals surface area contributed by atoms with Crippen molar-refractivity contribution in [1.29, 1.82) is 0 Å². The summed E-state index contributed by atoms with van der Waals surface area (Å²) in [6.45, 7) is 10.8. The molecule has 1 aromatic carbocycles. The van der Waals surface area contributed by atoms with Crippen LogP contribution in [0.2, 0.25) is 0 Å². The number of aromatic nitrogens is 4. The summed E-state index contributed by atoms with van der Waals surface area (Å²) in [5, 5.41) is 6.69. The molecular formula is C34H52N6O2. The summed E-state index contributed by atoms with van der Waals surface area (Å²) >= 11 is 0. The van der Waals surface area contributed by atoms with Gasteiger partial charge in [-0.15, -0.1) is 0 Å². The van der Waals surface area contributed by atoms with E-state index in [4.69, 9.17) is 0 Å². The second-order valence-corrected chi connectivity index (χ2v) is 11.5. The summed E-state index contributed by atoms with van der Waals surface area (Å²) in [4.78, 5) is 34.5. The number of anilines is 2. The first-order chi connectivity index (χ1) is 20.4. The first-order valence-corrected chi connectivity index (χ1v) is 16.1. The van der Waals surface area contributed by atoms with E-state index in [0.29, 0.717) is 24.7 Å². The minimum Gasteiger partial charge on any atom is -0.370 e. The molecule has 0 aliphatic carbocycles. The molecule has 3 rings (SSSR count). The van der Waals surface area contributed by atoms with Gasteiger partial charge in [-0.2, -0.15) is 9.97 Å². The van der Waals surface area contributed by atoms with Crippen LogP contribution in [0.3, 0.4) is 0 Å². The lowest BCUT2D eigenvalue weighted by Gasteiger charge is -2.15. The Hall–Kier alpha value is -3.42. The van der Waals surface area contributed by atoms with E-state index in [0.717, 1.165) is 48.2 Å². The minimum atomic E-state index is -0.281. The van der Waals surface area contributed by atoms with Crippen molar-refractivity contribution in [1.82, 2.24) is 19.1 Å². The molecule has 230 valence electrons. The monoisotopic (exact) mass is 576 g/mol. The molecule has 0 fully saturated rings. The maximum Gasteiger partial charge on any atom is 0.349 e. The fraction of sp³-hybridized carbons (Fsp3) is 0.588. The number of unbranched alkanes of at least 4 members (excludes halogenated alkanes) is 10. The van der Waals surface area contributed by atoms with E-state index in [2.05, 4.69) is 34.4 Å². The van der Waals surface area contributed by atoms with E-state index >= 15 is 0 Å². The fourth-order valence-electron chi connectivity index (χ4n) is 5.24.